The van der Waals surface area contributed by atoms with Crippen molar-refractivity contribution in [1.29, 1.82) is 5.26 Å². The van der Waals surface area contributed by atoms with Gasteiger partial charge < -0.3 is 4.90 Å². The summed E-state index contributed by atoms with van der Waals surface area (Å²) < 4.78 is 25.0. The summed E-state index contributed by atoms with van der Waals surface area (Å²) in [4.78, 5) is 2.29. The van der Waals surface area contributed by atoms with Gasteiger partial charge in [0.1, 0.15) is 0 Å². The molecule has 0 fully saturated rings. The first kappa shape index (κ1) is 12.9. The molecule has 0 amide bonds. The van der Waals surface area contributed by atoms with E-state index in [1.807, 2.05) is 44.0 Å². The molecular weight excluding hydrogens is 248 g/mol. The Morgan fingerprint density at radius 1 is 1.44 bits per heavy atom. The summed E-state index contributed by atoms with van der Waals surface area (Å²) in [7, 11) is -1.54. The highest BCUT2D eigenvalue weighted by Gasteiger charge is 2.41. The van der Waals surface area contributed by atoms with Crippen molar-refractivity contribution >= 4 is 15.5 Å². The van der Waals surface area contributed by atoms with Crippen LogP contribution in [0.1, 0.15) is 18.9 Å². The average Bonchev–Trinajstić information content (AvgIpc) is 2.32. The molecule has 2 atom stereocenters. The number of nitrogens with zero attached hydrogens (tertiary/aromatic N) is 2. The molecule has 0 spiro atoms. The van der Waals surface area contributed by atoms with Crippen LogP contribution in [0.3, 0.4) is 0 Å². The molecule has 0 radical (unpaired) electrons. The average molecular weight is 264 g/mol. The fraction of sp³-hybridized carbons (Fsp3) is 0.462. The molecule has 96 valence electrons. The molecule has 1 aliphatic rings. The van der Waals surface area contributed by atoms with E-state index >= 15 is 0 Å². The first-order valence-corrected chi connectivity index (χ1v) is 7.38. The smallest absolute Gasteiger partial charge is 0.186 e. The minimum absolute atomic E-state index is 0.0290. The third-order valence-electron chi connectivity index (χ3n) is 3.64. The lowest BCUT2D eigenvalue weighted by Crippen LogP contribution is -2.47. The molecular formula is C13H16N2O2S. The van der Waals surface area contributed by atoms with E-state index in [4.69, 9.17) is 5.26 Å². The van der Waals surface area contributed by atoms with E-state index in [9.17, 15) is 8.42 Å². The third kappa shape index (κ3) is 1.77. The lowest BCUT2D eigenvalue weighted by Gasteiger charge is -2.38. The van der Waals surface area contributed by atoms with Crippen LogP contribution in [0.2, 0.25) is 0 Å². The highest BCUT2D eigenvalue weighted by Crippen LogP contribution is 2.37. The number of fused-ring (bicyclic) bond motifs is 1. The number of benzene rings is 1. The number of hydrogen-bond acceptors (Lipinski definition) is 4. The summed E-state index contributed by atoms with van der Waals surface area (Å²) in [6.45, 7) is 3.72. The minimum atomic E-state index is -3.41. The Bertz CT molecular complexity index is 616. The Labute approximate surface area is 108 Å². The largest absolute Gasteiger partial charge is 0.369 e. The lowest BCUT2D eigenvalue weighted by atomic mass is 10.1. The van der Waals surface area contributed by atoms with Crippen molar-refractivity contribution in [2.75, 3.05) is 11.9 Å². The maximum absolute atomic E-state index is 12.5. The summed E-state index contributed by atoms with van der Waals surface area (Å²) in [6.07, 6.45) is 0.0290. The number of nitriles is 1. The topological polar surface area (TPSA) is 61.2 Å². The molecule has 0 N–H and O–H groups in total. The molecule has 2 unspecified atom stereocenters. The van der Waals surface area contributed by atoms with Crippen LogP contribution >= 0.6 is 0 Å². The van der Waals surface area contributed by atoms with Crippen LogP contribution in [0.25, 0.3) is 0 Å². The van der Waals surface area contributed by atoms with Crippen LogP contribution in [-0.4, -0.2) is 26.8 Å². The summed E-state index contributed by atoms with van der Waals surface area (Å²) in [5.41, 5.74) is 1.64. The quantitative estimate of drug-likeness (QED) is 0.777. The van der Waals surface area contributed by atoms with E-state index in [1.54, 1.807) is 6.07 Å². The Kier molecular flexibility index (Phi) is 3.07. The van der Waals surface area contributed by atoms with Crippen molar-refractivity contribution in [3.63, 3.8) is 0 Å². The number of sulfone groups is 1. The van der Waals surface area contributed by atoms with Gasteiger partial charge in [-0.25, -0.2) is 8.42 Å². The Morgan fingerprint density at radius 2 is 2.11 bits per heavy atom. The van der Waals surface area contributed by atoms with Crippen molar-refractivity contribution in [3.05, 3.63) is 23.8 Å². The Morgan fingerprint density at radius 3 is 2.72 bits per heavy atom. The zero-order chi connectivity index (χ0) is 13.5. The van der Waals surface area contributed by atoms with Gasteiger partial charge in [-0.1, -0.05) is 6.07 Å². The normalized spacial score (nSPS) is 25.3. The van der Waals surface area contributed by atoms with Crippen LogP contribution < -0.4 is 4.90 Å². The van der Waals surface area contributed by atoms with Gasteiger partial charge in [0, 0.05) is 13.1 Å². The van der Waals surface area contributed by atoms with Gasteiger partial charge in [0.25, 0.3) is 0 Å². The van der Waals surface area contributed by atoms with Crippen LogP contribution in [0.15, 0.2) is 23.1 Å². The van der Waals surface area contributed by atoms with Crippen molar-refractivity contribution in [2.24, 2.45) is 0 Å². The minimum Gasteiger partial charge on any atom is -0.369 e. The molecule has 0 saturated heterocycles. The molecule has 0 aliphatic carbocycles. The predicted octanol–water partition coefficient (Wildman–Crippen LogP) is 1.89. The molecule has 0 bridgehead atoms. The third-order valence-corrected chi connectivity index (χ3v) is 5.94. The molecule has 4 nitrogen and oxygen atoms in total. The zero-order valence-electron chi connectivity index (χ0n) is 10.7. The lowest BCUT2D eigenvalue weighted by molar-refractivity contribution is 0.539. The molecule has 0 aromatic heterocycles. The van der Waals surface area contributed by atoms with Crippen LogP contribution in [0.5, 0.6) is 0 Å². The zero-order valence-corrected chi connectivity index (χ0v) is 11.5. The van der Waals surface area contributed by atoms with E-state index in [0.717, 1.165) is 11.3 Å². The van der Waals surface area contributed by atoms with E-state index in [2.05, 4.69) is 0 Å². The van der Waals surface area contributed by atoms with Crippen molar-refractivity contribution < 1.29 is 8.42 Å². The molecule has 0 saturated carbocycles. The van der Waals surface area contributed by atoms with Crippen LogP contribution in [0.4, 0.5) is 5.69 Å². The maximum atomic E-state index is 12.5. The summed E-state index contributed by atoms with van der Waals surface area (Å²) in [5.74, 6) is 0. The summed E-state index contributed by atoms with van der Waals surface area (Å²) in [5, 5.41) is 8.17. The SMILES string of the molecule is Cc1ccc2c(c1)S(=O)(=O)C(CC#N)C(C)N2C. The standard InChI is InChI=1S/C13H16N2O2S/c1-9-4-5-11-13(8-9)18(16,17)12(6-7-14)10(2)15(11)3/h4-5,8,10,12H,6H2,1-3H3. The second kappa shape index (κ2) is 4.29. The van der Waals surface area contributed by atoms with Gasteiger partial charge in [0.2, 0.25) is 0 Å². The molecule has 1 heterocycles. The van der Waals surface area contributed by atoms with Gasteiger partial charge in [-0.3, -0.25) is 0 Å². The molecule has 2 rings (SSSR count). The number of rotatable bonds is 1. The van der Waals surface area contributed by atoms with Crippen molar-refractivity contribution in [1.82, 2.24) is 0 Å². The molecule has 5 heteroatoms. The number of anilines is 1. The maximum Gasteiger partial charge on any atom is 0.186 e. The highest BCUT2D eigenvalue weighted by atomic mass is 32.2. The Hall–Kier alpha value is -1.54. The molecule has 1 aromatic carbocycles. The summed E-state index contributed by atoms with van der Waals surface area (Å²) >= 11 is 0. The van der Waals surface area contributed by atoms with Gasteiger partial charge >= 0.3 is 0 Å². The van der Waals surface area contributed by atoms with Crippen molar-refractivity contribution in [3.8, 4) is 6.07 Å². The fourth-order valence-corrected chi connectivity index (χ4v) is 4.58. The second-order valence-corrected chi connectivity index (χ2v) is 6.90. The van der Waals surface area contributed by atoms with Gasteiger partial charge in [0.15, 0.2) is 9.84 Å². The van der Waals surface area contributed by atoms with Crippen molar-refractivity contribution in [2.45, 2.75) is 36.5 Å². The highest BCUT2D eigenvalue weighted by molar-refractivity contribution is 7.92. The predicted molar refractivity (Wildman–Crippen MR) is 70.2 cm³/mol. The molecule has 18 heavy (non-hydrogen) atoms. The van der Waals surface area contributed by atoms with Gasteiger partial charge in [-0.15, -0.1) is 0 Å². The van der Waals surface area contributed by atoms with Gasteiger partial charge in [-0.2, -0.15) is 5.26 Å². The van der Waals surface area contributed by atoms with Crippen LogP contribution in [0, 0.1) is 18.3 Å². The van der Waals surface area contributed by atoms with E-state index < -0.39 is 15.1 Å². The van der Waals surface area contributed by atoms with Gasteiger partial charge in [0.05, 0.1) is 28.3 Å². The fourth-order valence-electron chi connectivity index (χ4n) is 2.40. The van der Waals surface area contributed by atoms with Crippen LogP contribution in [-0.2, 0) is 9.84 Å². The number of aryl methyl sites for hydroxylation is 1. The second-order valence-electron chi connectivity index (χ2n) is 4.77. The van der Waals surface area contributed by atoms with Gasteiger partial charge in [-0.05, 0) is 31.5 Å². The molecule has 1 aromatic rings. The summed E-state index contributed by atoms with van der Waals surface area (Å²) in [6, 6.07) is 7.23. The first-order chi connectivity index (χ1) is 8.39. The molecule has 1 aliphatic heterocycles. The Balaban J connectivity index is 2.68. The first-order valence-electron chi connectivity index (χ1n) is 5.84. The van der Waals surface area contributed by atoms with E-state index in [-0.39, 0.29) is 12.5 Å². The van der Waals surface area contributed by atoms with E-state index in [0.29, 0.717) is 4.90 Å². The monoisotopic (exact) mass is 264 g/mol. The number of hydrogen-bond donors (Lipinski definition) is 0. The van der Waals surface area contributed by atoms with E-state index in [1.165, 1.54) is 0 Å².